The summed E-state index contributed by atoms with van der Waals surface area (Å²) in [7, 11) is 0. The third-order valence-electron chi connectivity index (χ3n) is 4.34. The van der Waals surface area contributed by atoms with E-state index in [0.29, 0.717) is 11.2 Å². The Labute approximate surface area is 104 Å². The summed E-state index contributed by atoms with van der Waals surface area (Å²) in [5, 5.41) is 9.47. The number of carbonyl (C=O) groups excluding carboxylic acids is 1. The first kappa shape index (κ1) is 13.0. The molecule has 0 spiro atoms. The highest BCUT2D eigenvalue weighted by atomic mass is 16.3. The van der Waals surface area contributed by atoms with Gasteiger partial charge in [-0.15, -0.1) is 0 Å². The van der Waals surface area contributed by atoms with Crippen LogP contribution < -0.4 is 0 Å². The van der Waals surface area contributed by atoms with Crippen LogP contribution in [0.1, 0.15) is 46.0 Å². The lowest BCUT2D eigenvalue weighted by atomic mass is 9.71. The number of hydrogen-bond donors (Lipinski definition) is 1. The van der Waals surface area contributed by atoms with Crippen molar-refractivity contribution in [2.75, 3.05) is 19.6 Å². The number of piperidine rings is 1. The summed E-state index contributed by atoms with van der Waals surface area (Å²) in [6.45, 7) is 7.35. The molecule has 0 aromatic heterocycles. The van der Waals surface area contributed by atoms with Gasteiger partial charge in [-0.25, -0.2) is 0 Å². The van der Waals surface area contributed by atoms with E-state index < -0.39 is 0 Å². The molecule has 2 rings (SSSR count). The van der Waals surface area contributed by atoms with E-state index in [1.165, 1.54) is 0 Å². The summed E-state index contributed by atoms with van der Waals surface area (Å²) in [5.74, 6) is 0.685. The van der Waals surface area contributed by atoms with Gasteiger partial charge in [-0.3, -0.25) is 4.79 Å². The first-order valence-corrected chi connectivity index (χ1v) is 6.89. The van der Waals surface area contributed by atoms with Crippen molar-refractivity contribution < 1.29 is 9.90 Å². The predicted octanol–water partition coefficient (Wildman–Crippen LogP) is 1.84. The third-order valence-corrected chi connectivity index (χ3v) is 4.34. The number of aliphatic hydroxyl groups is 1. The van der Waals surface area contributed by atoms with Crippen LogP contribution in [0.5, 0.6) is 0 Å². The van der Waals surface area contributed by atoms with E-state index >= 15 is 0 Å². The van der Waals surface area contributed by atoms with Crippen LogP contribution >= 0.6 is 0 Å². The number of aliphatic hydroxyl groups excluding tert-OH is 1. The summed E-state index contributed by atoms with van der Waals surface area (Å²) >= 11 is 0. The van der Waals surface area contributed by atoms with Gasteiger partial charge >= 0.3 is 0 Å². The zero-order valence-electron chi connectivity index (χ0n) is 11.1. The molecule has 1 saturated heterocycles. The molecule has 0 amide bonds. The van der Waals surface area contributed by atoms with Crippen molar-refractivity contribution in [1.82, 2.24) is 4.90 Å². The van der Waals surface area contributed by atoms with Crippen molar-refractivity contribution in [3.8, 4) is 0 Å². The van der Waals surface area contributed by atoms with Crippen LogP contribution in [-0.2, 0) is 4.79 Å². The Hall–Kier alpha value is -0.410. The van der Waals surface area contributed by atoms with Crippen LogP contribution in [0.4, 0.5) is 0 Å². The minimum Gasteiger partial charge on any atom is -0.393 e. The molecule has 3 heteroatoms. The summed E-state index contributed by atoms with van der Waals surface area (Å²) in [5.41, 5.74) is 0.327. The predicted molar refractivity (Wildman–Crippen MR) is 67.8 cm³/mol. The first-order chi connectivity index (χ1) is 7.96. The van der Waals surface area contributed by atoms with E-state index in [4.69, 9.17) is 0 Å². The monoisotopic (exact) mass is 239 g/mol. The molecule has 0 aromatic rings. The van der Waals surface area contributed by atoms with Gasteiger partial charge in [-0.1, -0.05) is 13.8 Å². The van der Waals surface area contributed by atoms with Gasteiger partial charge in [0.25, 0.3) is 0 Å². The van der Waals surface area contributed by atoms with Crippen LogP contribution in [0.25, 0.3) is 0 Å². The third kappa shape index (κ3) is 3.52. The van der Waals surface area contributed by atoms with Crippen molar-refractivity contribution in [2.24, 2.45) is 11.3 Å². The average Bonchev–Trinajstić information content (AvgIpc) is 2.26. The van der Waals surface area contributed by atoms with E-state index in [-0.39, 0.29) is 12.0 Å². The van der Waals surface area contributed by atoms with Crippen molar-refractivity contribution in [2.45, 2.75) is 52.1 Å². The molecule has 2 fully saturated rings. The van der Waals surface area contributed by atoms with Crippen molar-refractivity contribution in [3.63, 3.8) is 0 Å². The number of ketones is 1. The molecule has 0 bridgehead atoms. The zero-order chi connectivity index (χ0) is 12.5. The molecule has 0 radical (unpaired) electrons. The summed E-state index contributed by atoms with van der Waals surface area (Å²) in [6.07, 6.45) is 4.44. The standard InChI is InChI=1S/C14H25NO2/c1-14(2)6-3-13(17)11(9-14)10-15-7-4-12(16)5-8-15/h11-12,16H,3-10H2,1-2H3. The second-order valence-corrected chi connectivity index (χ2v) is 6.56. The molecule has 0 aromatic carbocycles. The number of Topliss-reactive ketones (excluding diaryl/α,β-unsaturated/α-hetero) is 1. The number of likely N-dealkylation sites (tertiary alicyclic amines) is 1. The Morgan fingerprint density at radius 1 is 1.35 bits per heavy atom. The Kier molecular flexibility index (Phi) is 3.88. The highest BCUT2D eigenvalue weighted by Crippen LogP contribution is 2.37. The highest BCUT2D eigenvalue weighted by molar-refractivity contribution is 5.82. The molecule has 1 saturated carbocycles. The van der Waals surface area contributed by atoms with Gasteiger partial charge in [0.05, 0.1) is 6.10 Å². The SMILES string of the molecule is CC1(C)CCC(=O)C(CN2CCC(O)CC2)C1. The molecule has 1 aliphatic carbocycles. The quantitative estimate of drug-likeness (QED) is 0.799. The number of hydrogen-bond acceptors (Lipinski definition) is 3. The van der Waals surface area contributed by atoms with Crippen molar-refractivity contribution >= 4 is 5.78 Å². The van der Waals surface area contributed by atoms with E-state index in [0.717, 1.165) is 51.7 Å². The van der Waals surface area contributed by atoms with Crippen LogP contribution in [0, 0.1) is 11.3 Å². The second kappa shape index (κ2) is 5.07. The Morgan fingerprint density at radius 3 is 2.65 bits per heavy atom. The lowest BCUT2D eigenvalue weighted by Crippen LogP contribution is -2.43. The summed E-state index contributed by atoms with van der Waals surface area (Å²) < 4.78 is 0. The molecule has 1 heterocycles. The van der Waals surface area contributed by atoms with Gasteiger partial charge in [0.1, 0.15) is 5.78 Å². The average molecular weight is 239 g/mol. The maximum absolute atomic E-state index is 11.9. The van der Waals surface area contributed by atoms with Crippen LogP contribution in [0.2, 0.25) is 0 Å². The minimum atomic E-state index is -0.121. The van der Waals surface area contributed by atoms with E-state index in [2.05, 4.69) is 18.7 Å². The maximum Gasteiger partial charge on any atom is 0.137 e. The number of rotatable bonds is 2. The van der Waals surface area contributed by atoms with E-state index in [1.54, 1.807) is 0 Å². The Balaban J connectivity index is 1.86. The lowest BCUT2D eigenvalue weighted by Gasteiger charge is -2.38. The first-order valence-electron chi connectivity index (χ1n) is 6.89. The Bertz CT molecular complexity index is 280. The molecule has 98 valence electrons. The molecule has 1 N–H and O–H groups in total. The summed E-state index contributed by atoms with van der Waals surface area (Å²) in [4.78, 5) is 14.3. The molecular formula is C14H25NO2. The smallest absolute Gasteiger partial charge is 0.137 e. The number of carbonyl (C=O) groups is 1. The molecule has 3 nitrogen and oxygen atoms in total. The van der Waals surface area contributed by atoms with Crippen LogP contribution in [0.15, 0.2) is 0 Å². The highest BCUT2D eigenvalue weighted by Gasteiger charge is 2.34. The van der Waals surface area contributed by atoms with Gasteiger partial charge in [0.2, 0.25) is 0 Å². The molecule has 1 aliphatic heterocycles. The van der Waals surface area contributed by atoms with Crippen LogP contribution in [-0.4, -0.2) is 41.5 Å². The van der Waals surface area contributed by atoms with Crippen molar-refractivity contribution in [3.05, 3.63) is 0 Å². The molecule has 17 heavy (non-hydrogen) atoms. The molecule has 1 atom stereocenters. The van der Waals surface area contributed by atoms with E-state index in [9.17, 15) is 9.90 Å². The van der Waals surface area contributed by atoms with Gasteiger partial charge in [-0.05, 0) is 31.1 Å². The topological polar surface area (TPSA) is 40.5 Å². The largest absolute Gasteiger partial charge is 0.393 e. The number of nitrogens with zero attached hydrogens (tertiary/aromatic N) is 1. The normalized spacial score (nSPS) is 31.7. The zero-order valence-corrected chi connectivity index (χ0v) is 11.1. The summed E-state index contributed by atoms with van der Waals surface area (Å²) in [6, 6.07) is 0. The van der Waals surface area contributed by atoms with Gasteiger partial charge in [-0.2, -0.15) is 0 Å². The fourth-order valence-electron chi connectivity index (χ4n) is 3.13. The van der Waals surface area contributed by atoms with E-state index in [1.807, 2.05) is 0 Å². The fraction of sp³-hybridized carbons (Fsp3) is 0.929. The maximum atomic E-state index is 11.9. The van der Waals surface area contributed by atoms with Crippen molar-refractivity contribution in [1.29, 1.82) is 0 Å². The minimum absolute atomic E-state index is 0.121. The Morgan fingerprint density at radius 2 is 2.00 bits per heavy atom. The fourth-order valence-corrected chi connectivity index (χ4v) is 3.13. The molecular weight excluding hydrogens is 214 g/mol. The van der Waals surface area contributed by atoms with Gasteiger partial charge in [0, 0.05) is 32.0 Å². The van der Waals surface area contributed by atoms with Crippen LogP contribution in [0.3, 0.4) is 0 Å². The lowest BCUT2D eigenvalue weighted by molar-refractivity contribution is -0.128. The second-order valence-electron chi connectivity index (χ2n) is 6.56. The van der Waals surface area contributed by atoms with Gasteiger partial charge in [0.15, 0.2) is 0 Å². The molecule has 1 unspecified atom stereocenters. The molecule has 2 aliphatic rings. The van der Waals surface area contributed by atoms with Gasteiger partial charge < -0.3 is 10.0 Å².